The number of halogens is 1. The standard InChI is InChI=1S/C15H11FN2O2/c1-8-7-9(5-6-11(8)16)18-14(19)10-3-2-4-12(17)13(10)15(18)20/h2-7H,17H2,1H3. The lowest BCUT2D eigenvalue weighted by Crippen LogP contribution is -2.29. The first-order valence-corrected chi connectivity index (χ1v) is 6.04. The number of hydrogen-bond donors (Lipinski definition) is 1. The normalized spacial score (nSPS) is 13.8. The van der Waals surface area contributed by atoms with Crippen LogP contribution in [0.4, 0.5) is 15.8 Å². The van der Waals surface area contributed by atoms with E-state index in [0.717, 1.165) is 4.90 Å². The molecular formula is C15H11FN2O2. The molecule has 1 aliphatic rings. The van der Waals surface area contributed by atoms with Gasteiger partial charge >= 0.3 is 0 Å². The molecule has 2 aromatic carbocycles. The summed E-state index contributed by atoms with van der Waals surface area (Å²) in [5.74, 6) is -1.30. The molecule has 3 rings (SSSR count). The molecule has 100 valence electrons. The summed E-state index contributed by atoms with van der Waals surface area (Å²) in [4.78, 5) is 25.7. The van der Waals surface area contributed by atoms with Gasteiger partial charge in [-0.2, -0.15) is 0 Å². The summed E-state index contributed by atoms with van der Waals surface area (Å²) >= 11 is 0. The van der Waals surface area contributed by atoms with Gasteiger partial charge in [-0.3, -0.25) is 9.59 Å². The second-order valence-corrected chi connectivity index (χ2v) is 4.65. The Morgan fingerprint density at radius 3 is 2.50 bits per heavy atom. The molecule has 20 heavy (non-hydrogen) atoms. The molecule has 0 radical (unpaired) electrons. The van der Waals surface area contributed by atoms with E-state index in [2.05, 4.69) is 0 Å². The predicted octanol–water partition coefficient (Wildman–Crippen LogP) is 2.52. The smallest absolute Gasteiger partial charge is 0.268 e. The number of carbonyl (C=O) groups excluding carboxylic acids is 2. The lowest BCUT2D eigenvalue weighted by Gasteiger charge is -2.14. The van der Waals surface area contributed by atoms with Gasteiger partial charge in [-0.15, -0.1) is 0 Å². The molecule has 0 saturated heterocycles. The van der Waals surface area contributed by atoms with Crippen molar-refractivity contribution in [1.29, 1.82) is 0 Å². The molecule has 2 aromatic rings. The molecule has 0 spiro atoms. The maximum Gasteiger partial charge on any atom is 0.268 e. The summed E-state index contributed by atoms with van der Waals surface area (Å²) in [6.07, 6.45) is 0. The number of nitrogens with zero attached hydrogens (tertiary/aromatic N) is 1. The van der Waals surface area contributed by atoms with Crippen LogP contribution in [0, 0.1) is 12.7 Å². The van der Waals surface area contributed by atoms with Crippen LogP contribution in [0.2, 0.25) is 0 Å². The average Bonchev–Trinajstić information content (AvgIpc) is 2.67. The highest BCUT2D eigenvalue weighted by molar-refractivity contribution is 6.35. The Bertz CT molecular complexity index is 756. The number of hydrogen-bond acceptors (Lipinski definition) is 3. The number of amides is 2. The van der Waals surface area contributed by atoms with Gasteiger partial charge in [0.2, 0.25) is 0 Å². The van der Waals surface area contributed by atoms with Gasteiger partial charge in [-0.05, 0) is 42.8 Å². The van der Waals surface area contributed by atoms with Crippen LogP contribution in [0.15, 0.2) is 36.4 Å². The van der Waals surface area contributed by atoms with Crippen molar-refractivity contribution >= 4 is 23.2 Å². The first kappa shape index (κ1) is 12.3. The fraction of sp³-hybridized carbons (Fsp3) is 0.0667. The van der Waals surface area contributed by atoms with Crippen LogP contribution >= 0.6 is 0 Å². The van der Waals surface area contributed by atoms with E-state index in [4.69, 9.17) is 5.73 Å². The van der Waals surface area contributed by atoms with E-state index >= 15 is 0 Å². The van der Waals surface area contributed by atoms with Crippen molar-refractivity contribution in [2.45, 2.75) is 6.92 Å². The molecule has 0 aromatic heterocycles. The summed E-state index contributed by atoms with van der Waals surface area (Å²) in [5.41, 5.74) is 7.22. The molecule has 5 heteroatoms. The molecule has 0 atom stereocenters. The van der Waals surface area contributed by atoms with E-state index < -0.39 is 11.8 Å². The van der Waals surface area contributed by atoms with Gasteiger partial charge in [0.1, 0.15) is 5.82 Å². The number of benzene rings is 2. The van der Waals surface area contributed by atoms with Crippen molar-refractivity contribution in [3.8, 4) is 0 Å². The summed E-state index contributed by atoms with van der Waals surface area (Å²) in [7, 11) is 0. The van der Waals surface area contributed by atoms with Gasteiger partial charge < -0.3 is 5.73 Å². The van der Waals surface area contributed by atoms with E-state index in [-0.39, 0.29) is 22.6 Å². The zero-order valence-corrected chi connectivity index (χ0v) is 10.7. The van der Waals surface area contributed by atoms with Crippen LogP contribution in [-0.2, 0) is 0 Å². The average molecular weight is 270 g/mol. The Morgan fingerprint density at radius 1 is 1.10 bits per heavy atom. The molecule has 0 bridgehead atoms. The summed E-state index contributed by atoms with van der Waals surface area (Å²) in [6, 6.07) is 8.86. The van der Waals surface area contributed by atoms with E-state index in [1.54, 1.807) is 25.1 Å². The van der Waals surface area contributed by atoms with Crippen LogP contribution < -0.4 is 10.6 Å². The third-order valence-electron chi connectivity index (χ3n) is 3.35. The van der Waals surface area contributed by atoms with Gasteiger partial charge in [-0.25, -0.2) is 9.29 Å². The number of imide groups is 1. The number of carbonyl (C=O) groups is 2. The number of fused-ring (bicyclic) bond motifs is 1. The first-order valence-electron chi connectivity index (χ1n) is 6.04. The van der Waals surface area contributed by atoms with Crippen molar-refractivity contribution in [3.63, 3.8) is 0 Å². The summed E-state index contributed by atoms with van der Waals surface area (Å²) in [6.45, 7) is 1.57. The molecule has 0 fully saturated rings. The predicted molar refractivity (Wildman–Crippen MR) is 73.1 cm³/mol. The minimum atomic E-state index is -0.478. The molecule has 4 nitrogen and oxygen atoms in total. The molecule has 2 amide bonds. The number of nitrogen functional groups attached to an aromatic ring is 1. The van der Waals surface area contributed by atoms with Crippen LogP contribution in [0.1, 0.15) is 26.3 Å². The Balaban J connectivity index is 2.14. The van der Waals surface area contributed by atoms with Crippen molar-refractivity contribution in [2.75, 3.05) is 10.6 Å². The Kier molecular flexibility index (Phi) is 2.57. The van der Waals surface area contributed by atoms with Crippen LogP contribution in [0.5, 0.6) is 0 Å². The van der Waals surface area contributed by atoms with Crippen LogP contribution in [-0.4, -0.2) is 11.8 Å². The molecule has 0 unspecified atom stereocenters. The molecule has 1 heterocycles. The van der Waals surface area contributed by atoms with Crippen molar-refractivity contribution < 1.29 is 14.0 Å². The maximum absolute atomic E-state index is 13.3. The van der Waals surface area contributed by atoms with E-state index in [1.165, 1.54) is 18.2 Å². The second-order valence-electron chi connectivity index (χ2n) is 4.65. The fourth-order valence-corrected chi connectivity index (χ4v) is 2.31. The zero-order valence-electron chi connectivity index (χ0n) is 10.7. The molecular weight excluding hydrogens is 259 g/mol. The zero-order chi connectivity index (χ0) is 14.4. The second kappa shape index (κ2) is 4.16. The van der Waals surface area contributed by atoms with Gasteiger partial charge in [0.05, 0.1) is 16.8 Å². The maximum atomic E-state index is 13.3. The number of nitrogens with two attached hydrogens (primary N) is 1. The minimum Gasteiger partial charge on any atom is -0.398 e. The number of aryl methyl sites for hydroxylation is 1. The fourth-order valence-electron chi connectivity index (χ4n) is 2.31. The number of anilines is 2. The monoisotopic (exact) mass is 270 g/mol. The lowest BCUT2D eigenvalue weighted by atomic mass is 10.1. The quantitative estimate of drug-likeness (QED) is 0.639. The topological polar surface area (TPSA) is 63.4 Å². The van der Waals surface area contributed by atoms with Gasteiger partial charge in [0, 0.05) is 5.69 Å². The highest BCUT2D eigenvalue weighted by atomic mass is 19.1. The first-order chi connectivity index (χ1) is 9.50. The highest BCUT2D eigenvalue weighted by Crippen LogP contribution is 2.32. The molecule has 0 aliphatic carbocycles. The van der Waals surface area contributed by atoms with E-state index in [9.17, 15) is 14.0 Å². The van der Waals surface area contributed by atoms with Crippen LogP contribution in [0.3, 0.4) is 0 Å². The minimum absolute atomic E-state index is 0.208. The SMILES string of the molecule is Cc1cc(N2C(=O)c3cccc(N)c3C2=O)ccc1F. The van der Waals surface area contributed by atoms with E-state index in [0.29, 0.717) is 11.3 Å². The highest BCUT2D eigenvalue weighted by Gasteiger charge is 2.38. The Morgan fingerprint density at radius 2 is 1.85 bits per heavy atom. The summed E-state index contributed by atoms with van der Waals surface area (Å²) < 4.78 is 13.3. The third-order valence-corrected chi connectivity index (χ3v) is 3.35. The molecule has 1 aliphatic heterocycles. The Labute approximate surface area is 114 Å². The van der Waals surface area contributed by atoms with Crippen molar-refractivity contribution in [2.24, 2.45) is 0 Å². The van der Waals surface area contributed by atoms with Gasteiger partial charge in [0.25, 0.3) is 11.8 Å². The summed E-state index contributed by atoms with van der Waals surface area (Å²) in [5, 5.41) is 0. The van der Waals surface area contributed by atoms with Crippen molar-refractivity contribution in [1.82, 2.24) is 0 Å². The lowest BCUT2D eigenvalue weighted by molar-refractivity contribution is 0.0926. The molecule has 0 saturated carbocycles. The van der Waals surface area contributed by atoms with E-state index in [1.807, 2.05) is 0 Å². The van der Waals surface area contributed by atoms with Crippen molar-refractivity contribution in [3.05, 3.63) is 58.9 Å². The largest absolute Gasteiger partial charge is 0.398 e. The Hall–Kier alpha value is -2.69. The molecule has 2 N–H and O–H groups in total. The number of rotatable bonds is 1. The third kappa shape index (κ3) is 1.60. The van der Waals surface area contributed by atoms with Gasteiger partial charge in [0.15, 0.2) is 0 Å². The van der Waals surface area contributed by atoms with Crippen LogP contribution in [0.25, 0.3) is 0 Å². The van der Waals surface area contributed by atoms with Gasteiger partial charge in [-0.1, -0.05) is 6.07 Å².